The highest BCUT2D eigenvalue weighted by Gasteiger charge is 2.16. The van der Waals surface area contributed by atoms with Crippen molar-refractivity contribution in [2.75, 3.05) is 0 Å². The van der Waals surface area contributed by atoms with E-state index in [9.17, 15) is 4.79 Å². The molecule has 0 N–H and O–H groups in total. The van der Waals surface area contributed by atoms with Crippen molar-refractivity contribution in [3.63, 3.8) is 0 Å². The molecule has 0 spiro atoms. The molecular formula is C22H14N2O3S. The molecule has 0 unspecified atom stereocenters. The summed E-state index contributed by atoms with van der Waals surface area (Å²) in [7, 11) is 0. The lowest BCUT2D eigenvalue weighted by Gasteiger charge is -2.09. The molecule has 0 saturated carbocycles. The second kappa shape index (κ2) is 6.58. The number of aromatic nitrogens is 2. The average Bonchev–Trinajstić information content (AvgIpc) is 3.12. The number of thiophene rings is 1. The van der Waals surface area contributed by atoms with Crippen molar-refractivity contribution in [3.8, 4) is 22.8 Å². The van der Waals surface area contributed by atoms with Gasteiger partial charge in [-0.25, -0.2) is 9.78 Å². The van der Waals surface area contributed by atoms with Crippen LogP contribution in [0.1, 0.15) is 5.82 Å². The molecule has 5 rings (SSSR count). The molecule has 5 nitrogen and oxygen atoms in total. The van der Waals surface area contributed by atoms with Crippen LogP contribution in [-0.4, -0.2) is 9.97 Å². The molecule has 0 aliphatic carbocycles. The number of fused-ring (bicyclic) bond motifs is 2. The largest absolute Gasteiger partial charge is 0.438 e. The molecule has 0 atom stereocenters. The molecule has 0 aliphatic rings. The summed E-state index contributed by atoms with van der Waals surface area (Å²) >= 11 is 1.56. The Morgan fingerprint density at radius 1 is 1.00 bits per heavy atom. The van der Waals surface area contributed by atoms with Gasteiger partial charge in [-0.2, -0.15) is 4.98 Å². The van der Waals surface area contributed by atoms with Gasteiger partial charge in [0.2, 0.25) is 5.88 Å². The highest BCUT2D eigenvalue weighted by atomic mass is 32.1. The molecule has 0 amide bonds. The van der Waals surface area contributed by atoms with Gasteiger partial charge >= 0.3 is 5.63 Å². The monoisotopic (exact) mass is 386 g/mol. The predicted octanol–water partition coefficient (Wildman–Crippen LogP) is 5.57. The molecule has 0 fully saturated rings. The maximum absolute atomic E-state index is 11.5. The molecule has 0 radical (unpaired) electrons. The molecular weight excluding hydrogens is 372 g/mol. The fraction of sp³-hybridized carbons (Fsp3) is 0.0455. The quantitative estimate of drug-likeness (QED) is 0.380. The number of hydrogen-bond acceptors (Lipinski definition) is 6. The zero-order valence-electron chi connectivity index (χ0n) is 14.9. The second-order valence-corrected chi connectivity index (χ2v) is 7.19. The van der Waals surface area contributed by atoms with E-state index in [1.807, 2.05) is 37.3 Å². The molecule has 5 aromatic rings. The zero-order chi connectivity index (χ0) is 19.1. The van der Waals surface area contributed by atoms with Gasteiger partial charge in [0, 0.05) is 28.5 Å². The normalized spacial score (nSPS) is 11.2. The Hall–Kier alpha value is -3.51. The van der Waals surface area contributed by atoms with E-state index in [-0.39, 0.29) is 0 Å². The highest BCUT2D eigenvalue weighted by molar-refractivity contribution is 7.17. The topological polar surface area (TPSA) is 65.2 Å². The van der Waals surface area contributed by atoms with Crippen LogP contribution in [0.4, 0.5) is 0 Å². The summed E-state index contributed by atoms with van der Waals surface area (Å²) in [5.74, 6) is 1.67. The van der Waals surface area contributed by atoms with Crippen LogP contribution in [0.3, 0.4) is 0 Å². The summed E-state index contributed by atoms with van der Waals surface area (Å²) in [5, 5.41) is 3.77. The SMILES string of the molecule is Cc1nc(Oc2ccc3ccc(=O)oc3c2)c2c(-c3ccccc3)csc2n1. The lowest BCUT2D eigenvalue weighted by Crippen LogP contribution is -1.96. The smallest absolute Gasteiger partial charge is 0.336 e. The number of nitrogens with zero attached hydrogens (tertiary/aromatic N) is 2. The first-order valence-corrected chi connectivity index (χ1v) is 9.58. The van der Waals surface area contributed by atoms with Gasteiger partial charge in [-0.05, 0) is 30.7 Å². The van der Waals surface area contributed by atoms with Crippen LogP contribution in [0, 0.1) is 6.92 Å². The van der Waals surface area contributed by atoms with Crippen molar-refractivity contribution >= 4 is 32.5 Å². The van der Waals surface area contributed by atoms with E-state index < -0.39 is 5.63 Å². The Morgan fingerprint density at radius 2 is 1.82 bits per heavy atom. The molecule has 136 valence electrons. The van der Waals surface area contributed by atoms with E-state index in [4.69, 9.17) is 9.15 Å². The van der Waals surface area contributed by atoms with Crippen molar-refractivity contribution in [1.82, 2.24) is 9.97 Å². The van der Waals surface area contributed by atoms with Crippen LogP contribution >= 0.6 is 11.3 Å². The first-order valence-electron chi connectivity index (χ1n) is 8.70. The van der Waals surface area contributed by atoms with Crippen LogP contribution < -0.4 is 10.4 Å². The van der Waals surface area contributed by atoms with Crippen LogP contribution in [0.5, 0.6) is 11.6 Å². The van der Waals surface area contributed by atoms with E-state index in [2.05, 4.69) is 27.5 Å². The zero-order valence-corrected chi connectivity index (χ0v) is 15.7. The molecule has 3 heterocycles. The standard InChI is InChI=1S/C22H14N2O3S/c1-13-23-21(26-16-9-7-15-8-10-19(25)27-18(15)11-16)20-17(12-28-22(20)24-13)14-5-3-2-4-6-14/h2-12H,1H3. The molecule has 28 heavy (non-hydrogen) atoms. The van der Waals surface area contributed by atoms with Gasteiger partial charge in [-0.3, -0.25) is 0 Å². The average molecular weight is 386 g/mol. The van der Waals surface area contributed by atoms with Gasteiger partial charge in [0.1, 0.15) is 22.0 Å². The third-order valence-electron chi connectivity index (χ3n) is 4.41. The van der Waals surface area contributed by atoms with Gasteiger partial charge in [0.05, 0.1) is 5.39 Å². The fourth-order valence-corrected chi connectivity index (χ4v) is 4.11. The summed E-state index contributed by atoms with van der Waals surface area (Å²) in [5.41, 5.74) is 2.19. The molecule has 2 aromatic carbocycles. The van der Waals surface area contributed by atoms with Crippen LogP contribution in [0.15, 0.2) is 75.3 Å². The van der Waals surface area contributed by atoms with Crippen molar-refractivity contribution in [1.29, 1.82) is 0 Å². The first kappa shape index (κ1) is 16.6. The Kier molecular flexibility index (Phi) is 3.91. The minimum Gasteiger partial charge on any atom is -0.438 e. The van der Waals surface area contributed by atoms with Crippen molar-refractivity contribution in [3.05, 3.63) is 82.3 Å². The minimum absolute atomic E-state index is 0.394. The third kappa shape index (κ3) is 2.93. The number of ether oxygens (including phenoxy) is 1. The van der Waals surface area contributed by atoms with Gasteiger partial charge in [0.25, 0.3) is 0 Å². The summed E-state index contributed by atoms with van der Waals surface area (Å²) in [6, 6.07) is 18.6. The van der Waals surface area contributed by atoms with Gasteiger partial charge in [-0.15, -0.1) is 11.3 Å². The number of benzene rings is 2. The Balaban J connectivity index is 1.66. The van der Waals surface area contributed by atoms with E-state index >= 15 is 0 Å². The van der Waals surface area contributed by atoms with E-state index in [1.54, 1.807) is 23.5 Å². The second-order valence-electron chi connectivity index (χ2n) is 6.33. The summed E-state index contributed by atoms with van der Waals surface area (Å²) < 4.78 is 11.4. The van der Waals surface area contributed by atoms with Crippen LogP contribution in [0.25, 0.3) is 32.3 Å². The third-order valence-corrected chi connectivity index (χ3v) is 5.28. The van der Waals surface area contributed by atoms with Gasteiger partial charge in [0.15, 0.2) is 0 Å². The molecule has 6 heteroatoms. The van der Waals surface area contributed by atoms with Crippen molar-refractivity contribution < 1.29 is 9.15 Å². The van der Waals surface area contributed by atoms with E-state index in [1.165, 1.54) is 6.07 Å². The summed E-state index contributed by atoms with van der Waals surface area (Å²) in [6.45, 7) is 1.84. The van der Waals surface area contributed by atoms with Crippen LogP contribution in [-0.2, 0) is 0 Å². The molecule has 0 saturated heterocycles. The highest BCUT2D eigenvalue weighted by Crippen LogP contribution is 2.39. The first-order chi connectivity index (χ1) is 13.7. The number of aryl methyl sites for hydroxylation is 1. The fourth-order valence-electron chi connectivity index (χ4n) is 3.13. The number of rotatable bonds is 3. The van der Waals surface area contributed by atoms with E-state index in [0.29, 0.717) is 23.0 Å². The van der Waals surface area contributed by atoms with E-state index in [0.717, 1.165) is 26.7 Å². The minimum atomic E-state index is -0.394. The van der Waals surface area contributed by atoms with Crippen LogP contribution in [0.2, 0.25) is 0 Å². The lowest BCUT2D eigenvalue weighted by atomic mass is 10.1. The van der Waals surface area contributed by atoms with Gasteiger partial charge < -0.3 is 9.15 Å². The van der Waals surface area contributed by atoms with Crippen molar-refractivity contribution in [2.24, 2.45) is 0 Å². The Bertz CT molecular complexity index is 1370. The van der Waals surface area contributed by atoms with Gasteiger partial charge in [-0.1, -0.05) is 30.3 Å². The summed E-state index contributed by atoms with van der Waals surface area (Å²) in [6.07, 6.45) is 0. The Labute approximate surface area is 163 Å². The molecule has 0 bridgehead atoms. The lowest BCUT2D eigenvalue weighted by molar-refractivity contribution is 0.465. The maximum atomic E-state index is 11.5. The Morgan fingerprint density at radius 3 is 2.68 bits per heavy atom. The maximum Gasteiger partial charge on any atom is 0.336 e. The van der Waals surface area contributed by atoms with Crippen molar-refractivity contribution in [2.45, 2.75) is 6.92 Å². The molecule has 0 aliphatic heterocycles. The summed E-state index contributed by atoms with van der Waals surface area (Å²) in [4.78, 5) is 21.5. The predicted molar refractivity (Wildman–Crippen MR) is 110 cm³/mol. The number of hydrogen-bond donors (Lipinski definition) is 0. The molecule has 3 aromatic heterocycles.